The maximum Gasteiger partial charge on any atom is 0.308 e. The van der Waals surface area contributed by atoms with Crippen LogP contribution in [0.3, 0.4) is 0 Å². The fraction of sp³-hybridized carbons (Fsp3) is 0.875. The second-order valence-corrected chi connectivity index (χ2v) is 2.73. The van der Waals surface area contributed by atoms with Gasteiger partial charge >= 0.3 is 5.97 Å². The molecule has 0 bridgehead atoms. The molecule has 0 aliphatic carbocycles. The lowest BCUT2D eigenvalue weighted by atomic mass is 10.2. The summed E-state index contributed by atoms with van der Waals surface area (Å²) < 4.78 is 4.58. The average Bonchev–Trinajstić information content (AvgIpc) is 2.06. The quantitative estimate of drug-likeness (QED) is 0.572. The third-order valence-corrected chi connectivity index (χ3v) is 1.10. The SMILES string of the molecule is CC(O)CO.COCC(C)C(=O)O. The highest BCUT2D eigenvalue weighted by molar-refractivity contribution is 5.69. The lowest BCUT2D eigenvalue weighted by Crippen LogP contribution is -2.14. The van der Waals surface area contributed by atoms with Gasteiger partial charge in [-0.2, -0.15) is 0 Å². The van der Waals surface area contributed by atoms with E-state index in [-0.39, 0.29) is 19.1 Å². The number of carboxylic acid groups (broad SMARTS) is 1. The fourth-order valence-corrected chi connectivity index (χ4v) is 0.321. The minimum Gasteiger partial charge on any atom is -0.481 e. The summed E-state index contributed by atoms with van der Waals surface area (Å²) in [6.07, 6.45) is -0.560. The van der Waals surface area contributed by atoms with Gasteiger partial charge in [0.25, 0.3) is 0 Å². The lowest BCUT2D eigenvalue weighted by molar-refractivity contribution is -0.142. The largest absolute Gasteiger partial charge is 0.481 e. The molecule has 0 aromatic carbocycles. The molecule has 5 nitrogen and oxygen atoms in total. The smallest absolute Gasteiger partial charge is 0.308 e. The van der Waals surface area contributed by atoms with Crippen LogP contribution in [0.1, 0.15) is 13.8 Å². The highest BCUT2D eigenvalue weighted by atomic mass is 16.5. The van der Waals surface area contributed by atoms with Gasteiger partial charge in [0.05, 0.1) is 25.2 Å². The Morgan fingerprint density at radius 2 is 1.85 bits per heavy atom. The zero-order valence-corrected chi connectivity index (χ0v) is 8.23. The lowest BCUT2D eigenvalue weighted by Gasteiger charge is -2.01. The summed E-state index contributed by atoms with van der Waals surface area (Å²) in [5.41, 5.74) is 0. The molecular formula is C8H18O5. The second-order valence-electron chi connectivity index (χ2n) is 2.73. The summed E-state index contributed by atoms with van der Waals surface area (Å²) in [7, 11) is 1.49. The van der Waals surface area contributed by atoms with E-state index in [1.807, 2.05) is 0 Å². The molecule has 0 heterocycles. The average molecular weight is 194 g/mol. The second kappa shape index (κ2) is 9.44. The number of aliphatic hydroxyl groups excluding tert-OH is 2. The number of carbonyl (C=O) groups is 1. The molecule has 2 atom stereocenters. The topological polar surface area (TPSA) is 87.0 Å². The van der Waals surface area contributed by atoms with E-state index < -0.39 is 12.1 Å². The fourth-order valence-electron chi connectivity index (χ4n) is 0.321. The van der Waals surface area contributed by atoms with Crippen LogP contribution < -0.4 is 0 Å². The number of carboxylic acids is 1. The summed E-state index contributed by atoms with van der Waals surface area (Å²) in [4.78, 5) is 10.0. The number of ether oxygens (including phenoxy) is 1. The first-order valence-electron chi connectivity index (χ1n) is 3.96. The first-order valence-corrected chi connectivity index (χ1v) is 3.96. The molecule has 0 rings (SSSR count). The third kappa shape index (κ3) is 14.2. The van der Waals surface area contributed by atoms with Gasteiger partial charge < -0.3 is 20.1 Å². The third-order valence-electron chi connectivity index (χ3n) is 1.10. The standard InChI is InChI=1S/C5H10O3.C3H8O2/c1-4(3-8-2)5(6)7;1-3(5)2-4/h4H,3H2,1-2H3,(H,6,7);3-5H,2H2,1H3. The molecule has 0 amide bonds. The molecule has 0 radical (unpaired) electrons. The van der Waals surface area contributed by atoms with Gasteiger partial charge in [-0.25, -0.2) is 0 Å². The zero-order valence-electron chi connectivity index (χ0n) is 8.23. The Kier molecular flexibility index (Phi) is 10.8. The van der Waals surface area contributed by atoms with Crippen LogP contribution in [0.25, 0.3) is 0 Å². The molecule has 0 aliphatic heterocycles. The number of rotatable bonds is 4. The molecule has 80 valence electrons. The summed E-state index contributed by atoms with van der Waals surface area (Å²) in [5, 5.41) is 24.2. The van der Waals surface area contributed by atoms with Crippen molar-refractivity contribution in [3.05, 3.63) is 0 Å². The normalized spacial score (nSPS) is 13.9. The number of aliphatic hydroxyl groups is 2. The van der Waals surface area contributed by atoms with Crippen LogP contribution in [0.5, 0.6) is 0 Å². The zero-order chi connectivity index (χ0) is 10.9. The monoisotopic (exact) mass is 194 g/mol. The van der Waals surface area contributed by atoms with Gasteiger partial charge in [-0.05, 0) is 13.8 Å². The van der Waals surface area contributed by atoms with Crippen LogP contribution in [-0.2, 0) is 9.53 Å². The summed E-state index contributed by atoms with van der Waals surface area (Å²) in [5.74, 6) is -1.20. The van der Waals surface area contributed by atoms with Crippen molar-refractivity contribution in [1.82, 2.24) is 0 Å². The maximum atomic E-state index is 10.0. The Hall–Kier alpha value is -0.650. The van der Waals surface area contributed by atoms with Crippen LogP contribution in [0.4, 0.5) is 0 Å². The highest BCUT2D eigenvalue weighted by Crippen LogP contribution is 1.92. The van der Waals surface area contributed by atoms with Gasteiger partial charge in [-0.3, -0.25) is 4.79 Å². The molecule has 0 fully saturated rings. The van der Waals surface area contributed by atoms with Crippen molar-refractivity contribution in [3.63, 3.8) is 0 Å². The Labute approximate surface area is 78.0 Å². The Bertz CT molecular complexity index is 124. The van der Waals surface area contributed by atoms with Crippen molar-refractivity contribution in [3.8, 4) is 0 Å². The first kappa shape index (κ1) is 14.9. The van der Waals surface area contributed by atoms with Crippen molar-refractivity contribution in [2.45, 2.75) is 20.0 Å². The van der Waals surface area contributed by atoms with E-state index in [2.05, 4.69) is 4.74 Å². The van der Waals surface area contributed by atoms with Crippen LogP contribution in [-0.4, -0.2) is 47.7 Å². The van der Waals surface area contributed by atoms with E-state index in [0.29, 0.717) is 0 Å². The minimum atomic E-state index is -0.813. The van der Waals surface area contributed by atoms with Gasteiger partial charge in [0, 0.05) is 7.11 Å². The first-order chi connectivity index (χ1) is 5.95. The Morgan fingerprint density at radius 3 is 1.92 bits per heavy atom. The predicted octanol–water partition coefficient (Wildman–Crippen LogP) is -0.287. The molecule has 0 aromatic heterocycles. The van der Waals surface area contributed by atoms with Crippen molar-refractivity contribution < 1.29 is 24.9 Å². The molecule has 0 aromatic rings. The summed E-state index contributed by atoms with van der Waals surface area (Å²) in [6.45, 7) is 3.28. The van der Waals surface area contributed by atoms with Crippen LogP contribution >= 0.6 is 0 Å². The number of hydrogen-bond acceptors (Lipinski definition) is 4. The maximum absolute atomic E-state index is 10.0. The molecule has 0 aliphatic rings. The van der Waals surface area contributed by atoms with Crippen molar-refractivity contribution in [2.24, 2.45) is 5.92 Å². The van der Waals surface area contributed by atoms with E-state index in [4.69, 9.17) is 15.3 Å². The molecule has 0 saturated heterocycles. The van der Waals surface area contributed by atoms with Crippen LogP contribution in [0, 0.1) is 5.92 Å². The van der Waals surface area contributed by atoms with Gasteiger partial charge in [-0.15, -0.1) is 0 Å². The predicted molar refractivity (Wildman–Crippen MR) is 47.4 cm³/mol. The van der Waals surface area contributed by atoms with Gasteiger partial charge in [0.15, 0.2) is 0 Å². The van der Waals surface area contributed by atoms with E-state index in [1.165, 1.54) is 14.0 Å². The van der Waals surface area contributed by atoms with Crippen molar-refractivity contribution >= 4 is 5.97 Å². The molecular weight excluding hydrogens is 176 g/mol. The number of hydrogen-bond donors (Lipinski definition) is 3. The summed E-state index contributed by atoms with van der Waals surface area (Å²) >= 11 is 0. The van der Waals surface area contributed by atoms with Crippen molar-refractivity contribution in [1.29, 1.82) is 0 Å². The van der Waals surface area contributed by atoms with E-state index >= 15 is 0 Å². The van der Waals surface area contributed by atoms with E-state index in [9.17, 15) is 4.79 Å². The molecule has 5 heteroatoms. The molecule has 2 unspecified atom stereocenters. The summed E-state index contributed by atoms with van der Waals surface area (Å²) in [6, 6.07) is 0. The molecule has 13 heavy (non-hydrogen) atoms. The van der Waals surface area contributed by atoms with Gasteiger partial charge in [0.2, 0.25) is 0 Å². The van der Waals surface area contributed by atoms with Crippen molar-refractivity contribution in [2.75, 3.05) is 20.3 Å². The Balaban J connectivity index is 0. The molecule has 0 spiro atoms. The number of methoxy groups -OCH3 is 1. The van der Waals surface area contributed by atoms with Gasteiger partial charge in [0.1, 0.15) is 0 Å². The highest BCUT2D eigenvalue weighted by Gasteiger charge is 2.08. The molecule has 3 N–H and O–H groups in total. The minimum absolute atomic E-state index is 0.139. The van der Waals surface area contributed by atoms with Gasteiger partial charge in [-0.1, -0.05) is 0 Å². The number of aliphatic carboxylic acids is 1. The van der Waals surface area contributed by atoms with Crippen LogP contribution in [0.15, 0.2) is 0 Å². The van der Waals surface area contributed by atoms with E-state index in [0.717, 1.165) is 0 Å². The Morgan fingerprint density at radius 1 is 1.46 bits per heavy atom. The van der Waals surface area contributed by atoms with Crippen LogP contribution in [0.2, 0.25) is 0 Å². The van der Waals surface area contributed by atoms with E-state index in [1.54, 1.807) is 6.92 Å². The molecule has 0 saturated carbocycles.